The van der Waals surface area contributed by atoms with Gasteiger partial charge in [0.1, 0.15) is 48.3 Å². The van der Waals surface area contributed by atoms with Gasteiger partial charge in [0.15, 0.2) is 24.2 Å². The van der Waals surface area contributed by atoms with Crippen molar-refractivity contribution in [1.29, 1.82) is 5.41 Å². The van der Waals surface area contributed by atoms with Gasteiger partial charge in [0.2, 0.25) is 59.1 Å². The van der Waals surface area contributed by atoms with Crippen LogP contribution in [0.15, 0.2) is 30.3 Å². The number of esters is 1. The zero-order valence-corrected chi connectivity index (χ0v) is 58.8. The summed E-state index contributed by atoms with van der Waals surface area (Å²) >= 11 is 0. The second-order valence-corrected chi connectivity index (χ2v) is 26.8. The summed E-state index contributed by atoms with van der Waals surface area (Å²) in [6, 6.07) is -10.6. The minimum atomic E-state index is -2.47. The Bertz CT molecular complexity index is 2850. The van der Waals surface area contributed by atoms with Crippen molar-refractivity contribution >= 4 is 76.9 Å². The molecular weight excluding hydrogens is 1290 g/mol. The summed E-state index contributed by atoms with van der Waals surface area (Å²) in [5.41, 5.74) is 11.7. The first kappa shape index (κ1) is 85.1. The maximum atomic E-state index is 15.5. The summed E-state index contributed by atoms with van der Waals surface area (Å²) in [7, 11) is 0. The molecule has 1 aromatic carbocycles. The van der Waals surface area contributed by atoms with Crippen LogP contribution in [0.5, 0.6) is 0 Å². The Kier molecular flexibility index (Phi) is 36.7. The predicted molar refractivity (Wildman–Crippen MR) is 361 cm³/mol. The molecule has 0 unspecified atom stereocenters. The van der Waals surface area contributed by atoms with E-state index in [1.807, 2.05) is 13.8 Å². The molecule has 2 aliphatic rings. The summed E-state index contributed by atoms with van der Waals surface area (Å²) in [4.78, 5) is 176. The number of guanidine groups is 1. The molecule has 2 heterocycles. The minimum Gasteiger partial charge on any atom is -0.453 e. The summed E-state index contributed by atoms with van der Waals surface area (Å²) < 4.78 is 11.4. The Morgan fingerprint density at radius 3 is 1.79 bits per heavy atom. The Morgan fingerprint density at radius 2 is 1.21 bits per heavy atom. The number of aliphatic hydroxyl groups is 4. The van der Waals surface area contributed by atoms with Gasteiger partial charge in [0, 0.05) is 26.2 Å². The van der Waals surface area contributed by atoms with Crippen molar-refractivity contribution in [3.8, 4) is 0 Å². The van der Waals surface area contributed by atoms with Crippen LogP contribution in [0.25, 0.3) is 0 Å². The van der Waals surface area contributed by atoms with Crippen LogP contribution in [0.3, 0.4) is 0 Å². The first-order valence-electron chi connectivity index (χ1n) is 33.9. The van der Waals surface area contributed by atoms with Crippen LogP contribution >= 0.6 is 0 Å². The van der Waals surface area contributed by atoms with Crippen molar-refractivity contribution in [2.24, 2.45) is 41.1 Å². The van der Waals surface area contributed by atoms with Gasteiger partial charge in [0.05, 0.1) is 44.6 Å². The first-order chi connectivity index (χ1) is 46.6. The molecule has 34 heteroatoms. The molecule has 558 valence electrons. The Labute approximate surface area is 578 Å². The van der Waals surface area contributed by atoms with Crippen molar-refractivity contribution in [1.82, 2.24) is 68.7 Å². The fourth-order valence-electron chi connectivity index (χ4n) is 10.7. The highest BCUT2D eigenvalue weighted by atomic mass is 16.5. The minimum absolute atomic E-state index is 0.0151. The Hall–Kier alpha value is -8.15. The molecule has 11 amide bonds. The quantitative estimate of drug-likeness (QED) is 0.0170. The molecule has 34 nitrogen and oxygen atoms in total. The van der Waals surface area contributed by atoms with Crippen molar-refractivity contribution in [2.45, 2.75) is 206 Å². The standard InChI is InChI=1S/C65H110N16O18/c1-12-37(10)46-59(92)78-47(38(11)83)58(91)71-31-45(84)76-49(52(86)63(96)69-22-17-23-81-24-26-98-27-25-81)61(94)75-44(32-82)64(97)99-53(39-18-14-13-15-19-39)50(80-57(90)43(30-35(6)7)73-54(87)40(66)28-33(2)3)62(95)79-48(51(85)36(8)9)60(93)74-42(29-34(4)5)56(89)72-41(55(88)77-46)20-16-21-70-65(67)68/h13-15,18-19,33-38,40-44,46-53,82-83,85-86H,12,16-17,20-32,66H2,1-11H3,(H,69,96)(H,71,91)(H,72,89)(H,73,87)(H,74,93)(H,75,94)(H,76,84)(H,77,88)(H,78,92)(H,79,95)(H,80,90)(H4,67,68,70)/t37-,38-,40+,41+,42-,43-,44-,46-,47-,48-,49-,50-,51+,52-,53+/m0/s1. The maximum Gasteiger partial charge on any atom is 0.331 e. The molecule has 0 saturated carbocycles. The van der Waals surface area contributed by atoms with E-state index >= 15 is 9.59 Å². The number of amides is 11. The average molecular weight is 1400 g/mol. The number of rotatable bonds is 27. The van der Waals surface area contributed by atoms with Crippen molar-refractivity contribution in [3.05, 3.63) is 35.9 Å². The molecule has 0 spiro atoms. The third kappa shape index (κ3) is 28.9. The molecule has 2 fully saturated rings. The molecule has 3 rings (SSSR count). The molecule has 0 aromatic heterocycles. The van der Waals surface area contributed by atoms with Crippen LogP contribution in [0.1, 0.15) is 133 Å². The van der Waals surface area contributed by atoms with Crippen molar-refractivity contribution in [2.75, 3.05) is 59.1 Å². The summed E-state index contributed by atoms with van der Waals surface area (Å²) in [6.45, 7) is 18.2. The number of benzene rings is 1. The van der Waals surface area contributed by atoms with Gasteiger partial charge in [0.25, 0.3) is 5.91 Å². The van der Waals surface area contributed by atoms with Crippen LogP contribution in [0.4, 0.5) is 0 Å². The van der Waals surface area contributed by atoms with E-state index in [2.05, 4.69) is 68.7 Å². The predicted octanol–water partition coefficient (Wildman–Crippen LogP) is -4.87. The topological polar surface area (TPSA) is 528 Å². The molecule has 0 radical (unpaired) electrons. The van der Waals surface area contributed by atoms with Gasteiger partial charge in [-0.3, -0.25) is 63.0 Å². The number of nitrogens with zero attached hydrogens (tertiary/aromatic N) is 1. The summed E-state index contributed by atoms with van der Waals surface area (Å²) in [5, 5.41) is 82.6. The molecule has 2 saturated heterocycles. The molecule has 0 aliphatic carbocycles. The molecule has 0 bridgehead atoms. The Balaban J connectivity index is 2.41. The third-order valence-corrected chi connectivity index (χ3v) is 16.5. The lowest BCUT2D eigenvalue weighted by molar-refractivity contribution is -0.159. The number of hydrogen-bond acceptors (Lipinski definition) is 21. The van der Waals surface area contributed by atoms with Crippen LogP contribution in [0.2, 0.25) is 0 Å². The maximum absolute atomic E-state index is 15.5. The highest BCUT2D eigenvalue weighted by Gasteiger charge is 2.44. The van der Waals surface area contributed by atoms with Gasteiger partial charge in [-0.25, -0.2) is 4.79 Å². The van der Waals surface area contributed by atoms with E-state index in [0.717, 1.165) is 6.92 Å². The number of carbonyl (C=O) groups excluding carboxylic acids is 12. The lowest BCUT2D eigenvalue weighted by atomic mass is 9.95. The summed E-state index contributed by atoms with van der Waals surface area (Å²) in [6.07, 6.45) is -7.58. The molecule has 15 atom stereocenters. The van der Waals surface area contributed by atoms with Gasteiger partial charge >= 0.3 is 5.97 Å². The molecule has 1 aromatic rings. The number of hydrogen-bond donors (Lipinski definition) is 19. The van der Waals surface area contributed by atoms with Crippen LogP contribution in [0, 0.1) is 35.0 Å². The molecule has 99 heavy (non-hydrogen) atoms. The summed E-state index contributed by atoms with van der Waals surface area (Å²) in [5.74, 6) is -16.8. The van der Waals surface area contributed by atoms with Gasteiger partial charge < -0.3 is 105 Å². The zero-order chi connectivity index (χ0) is 74.4. The highest BCUT2D eigenvalue weighted by Crippen LogP contribution is 2.25. The van der Waals surface area contributed by atoms with E-state index in [1.54, 1.807) is 47.6 Å². The second-order valence-electron chi connectivity index (χ2n) is 26.8. The number of nitrogens with two attached hydrogens (primary N) is 2. The number of aliphatic hydroxyl groups excluding tert-OH is 4. The first-order valence-corrected chi connectivity index (χ1v) is 33.9. The smallest absolute Gasteiger partial charge is 0.331 e. The number of carbonyl (C=O) groups is 12. The van der Waals surface area contributed by atoms with E-state index in [0.29, 0.717) is 39.3 Å². The Morgan fingerprint density at radius 1 is 0.646 bits per heavy atom. The van der Waals surface area contributed by atoms with E-state index in [4.69, 9.17) is 26.4 Å². The monoisotopic (exact) mass is 1400 g/mol. The molecular formula is C65H110N16O18. The number of cyclic esters (lactones) is 1. The van der Waals surface area contributed by atoms with Crippen LogP contribution < -0.4 is 75.3 Å². The molecule has 21 N–H and O–H groups in total. The normalized spacial score (nSPS) is 24.6. The van der Waals surface area contributed by atoms with Crippen molar-refractivity contribution in [3.63, 3.8) is 0 Å². The van der Waals surface area contributed by atoms with Gasteiger partial charge in [-0.1, -0.05) is 106 Å². The van der Waals surface area contributed by atoms with E-state index < -0.39 is 187 Å². The highest BCUT2D eigenvalue weighted by molar-refractivity contribution is 6.00. The number of ether oxygens (including phenoxy) is 2. The van der Waals surface area contributed by atoms with Crippen molar-refractivity contribution < 1.29 is 87.4 Å². The van der Waals surface area contributed by atoms with Gasteiger partial charge in [-0.15, -0.1) is 0 Å². The third-order valence-electron chi connectivity index (χ3n) is 16.5. The second kappa shape index (κ2) is 42.7. The fourth-order valence-corrected chi connectivity index (χ4v) is 10.7. The lowest BCUT2D eigenvalue weighted by Gasteiger charge is -2.34. The largest absolute Gasteiger partial charge is 0.453 e. The zero-order valence-electron chi connectivity index (χ0n) is 58.8. The van der Waals surface area contributed by atoms with E-state index in [1.165, 1.54) is 38.1 Å². The number of nitrogens with one attached hydrogen (secondary N) is 13. The lowest BCUT2D eigenvalue weighted by Crippen LogP contribution is -2.64. The molecule has 2 aliphatic heterocycles. The van der Waals surface area contributed by atoms with Gasteiger partial charge in [-0.05, 0) is 87.1 Å². The van der Waals surface area contributed by atoms with E-state index in [9.17, 15) is 68.4 Å². The SMILES string of the molecule is CC[C@H](C)[C@@H]1NC(=O)[C@@H](CCCNC(=N)N)NC(=O)[C@H](CC(C)C)NC(=O)[C@H]([C@H](O)C(C)C)NC(=O)[C@@H](NC(=O)[C@H](CC(C)C)NC(=O)[C@H](N)CC(C)C)[C@@H](c2ccccc2)OC(=O)[C@H](CO)NC(=O)[C@H]([C@H](O)C(=O)NCCCN2CCOCC2)NC(=O)CNC(=O)[C@H]([C@H](C)O)NC1=O. The average Bonchev–Trinajstić information content (AvgIpc) is 0.823. The fraction of sp³-hybridized carbons (Fsp3) is 0.708. The van der Waals surface area contributed by atoms with E-state index in [-0.39, 0.29) is 74.9 Å². The number of morpholine rings is 1. The van der Waals surface area contributed by atoms with Crippen LogP contribution in [-0.2, 0) is 67.0 Å². The van der Waals surface area contributed by atoms with Crippen LogP contribution in [-0.4, -0.2) is 240 Å². The van der Waals surface area contributed by atoms with Gasteiger partial charge in [-0.2, -0.15) is 0 Å².